The Morgan fingerprint density at radius 3 is 2.50 bits per heavy atom. The Morgan fingerprint density at radius 1 is 1.14 bits per heavy atom. The van der Waals surface area contributed by atoms with Crippen LogP contribution in [0.5, 0.6) is 0 Å². The molecular weight excluding hydrogens is 278 g/mol. The van der Waals surface area contributed by atoms with Crippen LogP contribution in [-0.4, -0.2) is 36.0 Å². The van der Waals surface area contributed by atoms with Crippen LogP contribution in [0.2, 0.25) is 0 Å². The second-order valence-corrected chi connectivity index (χ2v) is 6.34. The molecule has 3 amide bonds. The van der Waals surface area contributed by atoms with E-state index in [1.165, 1.54) is 0 Å². The molecule has 1 aromatic rings. The maximum Gasteiger partial charge on any atom is 0.319 e. The number of aryl methyl sites for hydroxylation is 1. The summed E-state index contributed by atoms with van der Waals surface area (Å²) in [6.45, 7) is 3.51. The minimum absolute atomic E-state index is 0.146. The summed E-state index contributed by atoms with van der Waals surface area (Å²) in [5, 5.41) is 5.86. The molecule has 3 rings (SSSR count). The van der Waals surface area contributed by atoms with Gasteiger partial charge in [0.05, 0.1) is 0 Å². The molecule has 22 heavy (non-hydrogen) atoms. The van der Waals surface area contributed by atoms with Gasteiger partial charge in [-0.15, -0.1) is 0 Å². The Balaban J connectivity index is 1.44. The number of nitrogens with zero attached hydrogens (tertiary/aromatic N) is 1. The molecule has 1 aromatic carbocycles. The van der Waals surface area contributed by atoms with Crippen LogP contribution in [0.3, 0.4) is 0 Å². The van der Waals surface area contributed by atoms with Crippen LogP contribution in [-0.2, 0) is 4.79 Å². The number of hydrogen-bond donors (Lipinski definition) is 2. The van der Waals surface area contributed by atoms with Gasteiger partial charge in [-0.3, -0.25) is 4.79 Å². The number of urea groups is 1. The average molecular weight is 301 g/mol. The lowest BCUT2D eigenvalue weighted by Crippen LogP contribution is -2.47. The van der Waals surface area contributed by atoms with Gasteiger partial charge in [0.15, 0.2) is 0 Å². The molecule has 0 atom stereocenters. The number of piperidine rings is 1. The van der Waals surface area contributed by atoms with Gasteiger partial charge in [0.1, 0.15) is 0 Å². The molecule has 5 nitrogen and oxygen atoms in total. The molecule has 118 valence electrons. The normalized spacial score (nSPS) is 18.9. The molecule has 1 saturated carbocycles. The first-order valence-electron chi connectivity index (χ1n) is 8.05. The second kappa shape index (κ2) is 6.38. The Kier molecular flexibility index (Phi) is 4.32. The summed E-state index contributed by atoms with van der Waals surface area (Å²) < 4.78 is 0. The van der Waals surface area contributed by atoms with Gasteiger partial charge in [0, 0.05) is 30.7 Å². The first-order valence-corrected chi connectivity index (χ1v) is 8.05. The molecule has 0 spiro atoms. The predicted octanol–water partition coefficient (Wildman–Crippen LogP) is 2.52. The number of benzene rings is 1. The maximum absolute atomic E-state index is 12.0. The highest BCUT2D eigenvalue weighted by atomic mass is 16.2. The van der Waals surface area contributed by atoms with Crippen LogP contribution in [0.25, 0.3) is 0 Å². The van der Waals surface area contributed by atoms with Gasteiger partial charge < -0.3 is 15.5 Å². The van der Waals surface area contributed by atoms with E-state index in [4.69, 9.17) is 0 Å². The third-order valence-electron chi connectivity index (χ3n) is 4.34. The van der Waals surface area contributed by atoms with E-state index in [-0.39, 0.29) is 18.0 Å². The highest BCUT2D eigenvalue weighted by Crippen LogP contribution is 2.31. The van der Waals surface area contributed by atoms with Crippen molar-refractivity contribution in [2.24, 2.45) is 5.92 Å². The van der Waals surface area contributed by atoms with E-state index >= 15 is 0 Å². The summed E-state index contributed by atoms with van der Waals surface area (Å²) in [4.78, 5) is 26.0. The molecule has 1 aliphatic carbocycles. The first kappa shape index (κ1) is 14.9. The summed E-state index contributed by atoms with van der Waals surface area (Å²) in [5.74, 6) is 0.594. The van der Waals surface area contributed by atoms with E-state index in [1.54, 1.807) is 0 Å². The third kappa shape index (κ3) is 3.78. The molecule has 2 N–H and O–H groups in total. The SMILES string of the molecule is Cc1cccc(NC(=O)NC2CCN(C(=O)C3CC3)CC2)c1. The summed E-state index contributed by atoms with van der Waals surface area (Å²) in [6, 6.07) is 7.72. The van der Waals surface area contributed by atoms with Crippen LogP contribution in [0.1, 0.15) is 31.2 Å². The van der Waals surface area contributed by atoms with Crippen molar-refractivity contribution in [1.82, 2.24) is 10.2 Å². The fraction of sp³-hybridized carbons (Fsp3) is 0.529. The van der Waals surface area contributed by atoms with Crippen LogP contribution in [0, 0.1) is 12.8 Å². The standard InChI is InChI=1S/C17H23N3O2/c1-12-3-2-4-15(11-12)19-17(22)18-14-7-9-20(10-8-14)16(21)13-5-6-13/h2-4,11,13-14H,5-10H2,1H3,(H2,18,19,22). The minimum atomic E-state index is -0.169. The molecule has 0 unspecified atom stereocenters. The number of carbonyl (C=O) groups is 2. The zero-order chi connectivity index (χ0) is 15.5. The highest BCUT2D eigenvalue weighted by Gasteiger charge is 2.35. The van der Waals surface area contributed by atoms with Crippen molar-refractivity contribution in [1.29, 1.82) is 0 Å². The van der Waals surface area contributed by atoms with E-state index in [2.05, 4.69) is 10.6 Å². The molecule has 0 radical (unpaired) electrons. The Bertz CT molecular complexity index is 561. The lowest BCUT2D eigenvalue weighted by Gasteiger charge is -2.32. The second-order valence-electron chi connectivity index (χ2n) is 6.34. The van der Waals surface area contributed by atoms with Crippen molar-refractivity contribution in [3.05, 3.63) is 29.8 Å². The van der Waals surface area contributed by atoms with Gasteiger partial charge in [-0.1, -0.05) is 12.1 Å². The Morgan fingerprint density at radius 2 is 1.86 bits per heavy atom. The molecule has 1 heterocycles. The molecule has 1 aliphatic heterocycles. The molecular formula is C17H23N3O2. The number of nitrogens with one attached hydrogen (secondary N) is 2. The van der Waals surface area contributed by atoms with Gasteiger partial charge in [-0.2, -0.15) is 0 Å². The molecule has 5 heteroatoms. The number of carbonyl (C=O) groups excluding carboxylic acids is 2. The quantitative estimate of drug-likeness (QED) is 0.901. The van der Waals surface area contributed by atoms with Crippen molar-refractivity contribution in [2.75, 3.05) is 18.4 Å². The predicted molar refractivity (Wildman–Crippen MR) is 85.7 cm³/mol. The lowest BCUT2D eigenvalue weighted by molar-refractivity contribution is -0.133. The van der Waals surface area contributed by atoms with E-state index in [1.807, 2.05) is 36.1 Å². The highest BCUT2D eigenvalue weighted by molar-refractivity contribution is 5.89. The summed E-state index contributed by atoms with van der Waals surface area (Å²) in [6.07, 6.45) is 3.77. The van der Waals surface area contributed by atoms with Crippen molar-refractivity contribution in [3.8, 4) is 0 Å². The van der Waals surface area contributed by atoms with Crippen LogP contribution >= 0.6 is 0 Å². The summed E-state index contributed by atoms with van der Waals surface area (Å²) in [5.41, 5.74) is 1.92. The van der Waals surface area contributed by atoms with Crippen molar-refractivity contribution < 1.29 is 9.59 Å². The van der Waals surface area contributed by atoms with Gasteiger partial charge >= 0.3 is 6.03 Å². The monoisotopic (exact) mass is 301 g/mol. The largest absolute Gasteiger partial charge is 0.342 e. The van der Waals surface area contributed by atoms with Crippen LogP contribution < -0.4 is 10.6 Å². The van der Waals surface area contributed by atoms with E-state index in [0.29, 0.717) is 5.91 Å². The Hall–Kier alpha value is -2.04. The van der Waals surface area contributed by atoms with Crippen LogP contribution in [0.15, 0.2) is 24.3 Å². The zero-order valence-electron chi connectivity index (χ0n) is 13.0. The summed E-state index contributed by atoms with van der Waals surface area (Å²) >= 11 is 0. The van der Waals surface area contributed by atoms with Crippen LogP contribution in [0.4, 0.5) is 10.5 Å². The van der Waals surface area contributed by atoms with E-state index in [0.717, 1.165) is 50.0 Å². The van der Waals surface area contributed by atoms with E-state index < -0.39 is 0 Å². The number of likely N-dealkylation sites (tertiary alicyclic amines) is 1. The maximum atomic E-state index is 12.0. The Labute approximate surface area is 131 Å². The molecule has 2 aliphatic rings. The number of anilines is 1. The molecule has 0 aromatic heterocycles. The first-order chi connectivity index (χ1) is 10.6. The summed E-state index contributed by atoms with van der Waals surface area (Å²) in [7, 11) is 0. The van der Waals surface area contributed by atoms with E-state index in [9.17, 15) is 9.59 Å². The van der Waals surface area contributed by atoms with Crippen molar-refractivity contribution >= 4 is 17.6 Å². The van der Waals surface area contributed by atoms with Gasteiger partial charge in [0.25, 0.3) is 0 Å². The molecule has 1 saturated heterocycles. The molecule has 2 fully saturated rings. The fourth-order valence-corrected chi connectivity index (χ4v) is 2.91. The smallest absolute Gasteiger partial charge is 0.319 e. The van der Waals surface area contributed by atoms with Crippen molar-refractivity contribution in [3.63, 3.8) is 0 Å². The topological polar surface area (TPSA) is 61.4 Å². The third-order valence-corrected chi connectivity index (χ3v) is 4.34. The van der Waals surface area contributed by atoms with Crippen molar-refractivity contribution in [2.45, 2.75) is 38.6 Å². The van der Waals surface area contributed by atoms with Gasteiger partial charge in [-0.25, -0.2) is 4.79 Å². The average Bonchev–Trinajstić information content (AvgIpc) is 3.32. The minimum Gasteiger partial charge on any atom is -0.342 e. The van der Waals surface area contributed by atoms with Gasteiger partial charge in [-0.05, 0) is 50.3 Å². The lowest BCUT2D eigenvalue weighted by atomic mass is 10.0. The number of amides is 3. The number of hydrogen-bond acceptors (Lipinski definition) is 2. The fourth-order valence-electron chi connectivity index (χ4n) is 2.91. The number of rotatable bonds is 3. The van der Waals surface area contributed by atoms with Gasteiger partial charge in [0.2, 0.25) is 5.91 Å². The zero-order valence-corrected chi connectivity index (χ0v) is 13.0. The molecule has 0 bridgehead atoms.